The third-order valence-corrected chi connectivity index (χ3v) is 6.29. The van der Waals surface area contributed by atoms with Crippen LogP contribution in [0, 0.1) is 5.92 Å². The maximum absolute atomic E-state index is 12.2. The molecule has 0 unspecified atom stereocenters. The largest absolute Gasteiger partial charge is 0.460 e. The van der Waals surface area contributed by atoms with Crippen LogP contribution < -0.4 is 0 Å². The molecule has 0 aliphatic carbocycles. The van der Waals surface area contributed by atoms with E-state index in [9.17, 15) is 4.79 Å². The molecule has 2 fully saturated rings. The minimum Gasteiger partial charge on any atom is -0.460 e. The Labute approximate surface area is 171 Å². The number of benzene rings is 1. The molecule has 2 aromatic rings. The number of piperidine rings is 2. The number of hydrogen-bond donors (Lipinski definition) is 0. The second-order valence-corrected chi connectivity index (χ2v) is 8.15. The number of halogens is 1. The molecule has 28 heavy (non-hydrogen) atoms. The summed E-state index contributed by atoms with van der Waals surface area (Å²) in [6, 6.07) is 12.3. The molecule has 0 bridgehead atoms. The molecule has 150 valence electrons. The van der Waals surface area contributed by atoms with E-state index in [0.29, 0.717) is 17.0 Å². The molecule has 0 radical (unpaired) electrons. The fraction of sp³-hybridized carbons (Fsp3) is 0.500. The third kappa shape index (κ3) is 4.12. The Morgan fingerprint density at radius 1 is 1.21 bits per heavy atom. The van der Waals surface area contributed by atoms with Crippen LogP contribution in [0.5, 0.6) is 0 Å². The molecule has 1 aromatic carbocycles. The van der Waals surface area contributed by atoms with Crippen molar-refractivity contribution in [2.24, 2.45) is 5.92 Å². The summed E-state index contributed by atoms with van der Waals surface area (Å²) in [4.78, 5) is 16.7. The van der Waals surface area contributed by atoms with Crippen molar-refractivity contribution in [3.05, 3.63) is 47.2 Å². The number of carbonyl (C=O) groups excluding carboxylic acids is 1. The number of methoxy groups -OCH3 is 1. The summed E-state index contributed by atoms with van der Waals surface area (Å²) in [6.45, 7) is 3.71. The Morgan fingerprint density at radius 3 is 2.89 bits per heavy atom. The molecule has 4 rings (SSSR count). The monoisotopic (exact) mass is 402 g/mol. The zero-order chi connectivity index (χ0) is 19.5. The van der Waals surface area contributed by atoms with Gasteiger partial charge in [0.15, 0.2) is 0 Å². The summed E-state index contributed by atoms with van der Waals surface area (Å²) in [5, 5.41) is 0.703. The normalized spacial score (nSPS) is 22.9. The molecular weight excluding hydrogens is 376 g/mol. The summed E-state index contributed by atoms with van der Waals surface area (Å²) >= 11 is 6.30. The first-order valence-corrected chi connectivity index (χ1v) is 10.4. The highest BCUT2D eigenvalue weighted by molar-refractivity contribution is 6.33. The van der Waals surface area contributed by atoms with Crippen LogP contribution in [0.25, 0.3) is 11.3 Å². The van der Waals surface area contributed by atoms with Gasteiger partial charge in [0.25, 0.3) is 0 Å². The van der Waals surface area contributed by atoms with Gasteiger partial charge in [-0.25, -0.2) is 0 Å². The SMILES string of the molecule is COCC(=O)N1CC[C@H]2[C@H](CCCN2Cc2ccc(-c3ccccc3Cl)o2)C1. The number of rotatable bonds is 5. The predicted octanol–water partition coefficient (Wildman–Crippen LogP) is 4.06. The zero-order valence-corrected chi connectivity index (χ0v) is 17.0. The maximum Gasteiger partial charge on any atom is 0.248 e. The van der Waals surface area contributed by atoms with E-state index in [4.69, 9.17) is 20.8 Å². The lowest BCUT2D eigenvalue weighted by Crippen LogP contribution is -2.55. The quantitative estimate of drug-likeness (QED) is 0.756. The molecule has 2 aliphatic heterocycles. The van der Waals surface area contributed by atoms with Crippen LogP contribution in [0.1, 0.15) is 25.0 Å². The first-order valence-electron chi connectivity index (χ1n) is 10.00. The molecule has 1 aromatic heterocycles. The molecule has 0 saturated carbocycles. The summed E-state index contributed by atoms with van der Waals surface area (Å²) in [6.07, 6.45) is 3.35. The number of likely N-dealkylation sites (tertiary alicyclic amines) is 2. The highest BCUT2D eigenvalue weighted by Crippen LogP contribution is 2.33. The van der Waals surface area contributed by atoms with Crippen molar-refractivity contribution in [3.8, 4) is 11.3 Å². The van der Waals surface area contributed by atoms with Crippen LogP contribution in [0.2, 0.25) is 5.02 Å². The number of amides is 1. The van der Waals surface area contributed by atoms with E-state index in [2.05, 4.69) is 11.0 Å². The van der Waals surface area contributed by atoms with Crippen LogP contribution in [-0.4, -0.2) is 55.1 Å². The van der Waals surface area contributed by atoms with Gasteiger partial charge in [-0.1, -0.05) is 23.7 Å². The minimum atomic E-state index is 0.105. The molecule has 6 heteroatoms. The number of carbonyl (C=O) groups is 1. The van der Waals surface area contributed by atoms with Gasteiger partial charge in [0.1, 0.15) is 18.1 Å². The number of nitrogens with zero attached hydrogens (tertiary/aromatic N) is 2. The van der Waals surface area contributed by atoms with E-state index in [1.54, 1.807) is 7.11 Å². The molecule has 0 spiro atoms. The van der Waals surface area contributed by atoms with Gasteiger partial charge < -0.3 is 14.1 Å². The lowest BCUT2D eigenvalue weighted by Gasteiger charge is -2.47. The highest BCUT2D eigenvalue weighted by Gasteiger charge is 2.37. The lowest BCUT2D eigenvalue weighted by molar-refractivity contribution is -0.139. The van der Waals surface area contributed by atoms with Gasteiger partial charge in [0.2, 0.25) is 5.91 Å². The average Bonchev–Trinajstić information content (AvgIpc) is 3.16. The molecule has 5 nitrogen and oxygen atoms in total. The fourth-order valence-corrected chi connectivity index (χ4v) is 4.84. The summed E-state index contributed by atoms with van der Waals surface area (Å²) < 4.78 is 11.1. The first kappa shape index (κ1) is 19.5. The zero-order valence-electron chi connectivity index (χ0n) is 16.3. The summed E-state index contributed by atoms with van der Waals surface area (Å²) in [5.74, 6) is 2.41. The minimum absolute atomic E-state index is 0.105. The summed E-state index contributed by atoms with van der Waals surface area (Å²) in [7, 11) is 1.58. The average molecular weight is 403 g/mol. The molecule has 2 atom stereocenters. The molecule has 2 saturated heterocycles. The van der Waals surface area contributed by atoms with E-state index in [1.165, 1.54) is 6.42 Å². The van der Waals surface area contributed by atoms with Crippen molar-refractivity contribution in [1.29, 1.82) is 0 Å². The lowest BCUT2D eigenvalue weighted by atomic mass is 9.83. The summed E-state index contributed by atoms with van der Waals surface area (Å²) in [5.41, 5.74) is 0.928. The van der Waals surface area contributed by atoms with Crippen molar-refractivity contribution >= 4 is 17.5 Å². The van der Waals surface area contributed by atoms with Crippen LogP contribution >= 0.6 is 11.6 Å². The van der Waals surface area contributed by atoms with Gasteiger partial charge in [0.05, 0.1) is 11.6 Å². The van der Waals surface area contributed by atoms with Gasteiger partial charge in [-0.3, -0.25) is 9.69 Å². The second kappa shape index (κ2) is 8.68. The van der Waals surface area contributed by atoms with Crippen molar-refractivity contribution < 1.29 is 13.9 Å². The smallest absolute Gasteiger partial charge is 0.248 e. The molecule has 1 amide bonds. The Balaban J connectivity index is 1.42. The molecule has 0 N–H and O–H groups in total. The van der Waals surface area contributed by atoms with E-state index >= 15 is 0 Å². The highest BCUT2D eigenvalue weighted by atomic mass is 35.5. The Bertz CT molecular complexity index is 822. The molecule has 3 heterocycles. The number of ether oxygens (including phenoxy) is 1. The third-order valence-electron chi connectivity index (χ3n) is 5.96. The van der Waals surface area contributed by atoms with Crippen LogP contribution in [-0.2, 0) is 16.1 Å². The van der Waals surface area contributed by atoms with Gasteiger partial charge in [0, 0.05) is 31.8 Å². The number of hydrogen-bond acceptors (Lipinski definition) is 4. The maximum atomic E-state index is 12.2. The standard InChI is InChI=1S/C22H27ClN2O3/c1-27-15-22(26)25-12-10-20-16(13-25)5-4-11-24(20)14-17-8-9-21(28-17)18-6-2-3-7-19(18)23/h2-3,6-9,16,20H,4-5,10-15H2,1H3/t16-,20+/m1/s1. The van der Waals surface area contributed by atoms with E-state index in [1.807, 2.05) is 35.2 Å². The number of fused-ring (bicyclic) bond motifs is 1. The van der Waals surface area contributed by atoms with Crippen molar-refractivity contribution in [2.45, 2.75) is 31.8 Å². The van der Waals surface area contributed by atoms with Gasteiger partial charge in [-0.2, -0.15) is 0 Å². The van der Waals surface area contributed by atoms with Crippen LogP contribution in [0.4, 0.5) is 0 Å². The van der Waals surface area contributed by atoms with Crippen molar-refractivity contribution in [1.82, 2.24) is 9.80 Å². The van der Waals surface area contributed by atoms with Gasteiger partial charge in [-0.15, -0.1) is 0 Å². The predicted molar refractivity (Wildman–Crippen MR) is 109 cm³/mol. The Kier molecular flexibility index (Phi) is 6.04. The van der Waals surface area contributed by atoms with Crippen LogP contribution in [0.15, 0.2) is 40.8 Å². The molecular formula is C22H27ClN2O3. The Hall–Kier alpha value is -1.82. The van der Waals surface area contributed by atoms with Crippen LogP contribution in [0.3, 0.4) is 0 Å². The molecule has 2 aliphatic rings. The van der Waals surface area contributed by atoms with Crippen molar-refractivity contribution in [3.63, 3.8) is 0 Å². The topological polar surface area (TPSA) is 45.9 Å². The second-order valence-electron chi connectivity index (χ2n) is 7.75. The fourth-order valence-electron chi connectivity index (χ4n) is 4.61. The van der Waals surface area contributed by atoms with E-state index in [0.717, 1.165) is 56.1 Å². The number of furan rings is 1. The Morgan fingerprint density at radius 2 is 2.07 bits per heavy atom. The van der Waals surface area contributed by atoms with E-state index in [-0.39, 0.29) is 12.5 Å². The first-order chi connectivity index (χ1) is 13.7. The van der Waals surface area contributed by atoms with Gasteiger partial charge in [-0.05, 0) is 56.0 Å². The van der Waals surface area contributed by atoms with Crippen molar-refractivity contribution in [2.75, 3.05) is 33.4 Å². The van der Waals surface area contributed by atoms with E-state index < -0.39 is 0 Å². The van der Waals surface area contributed by atoms with Gasteiger partial charge >= 0.3 is 0 Å².